The number of nitrogens with zero attached hydrogens (tertiary/aromatic N) is 1. The van der Waals surface area contributed by atoms with Crippen LogP contribution in [0.4, 0.5) is 0 Å². The van der Waals surface area contributed by atoms with Crippen molar-refractivity contribution < 1.29 is 14.3 Å². The van der Waals surface area contributed by atoms with Crippen molar-refractivity contribution in [1.29, 1.82) is 0 Å². The maximum absolute atomic E-state index is 11.2. The lowest BCUT2D eigenvalue weighted by Gasteiger charge is -2.20. The van der Waals surface area contributed by atoms with Crippen molar-refractivity contribution in [3.63, 3.8) is 0 Å². The molecule has 1 atom stereocenters. The Labute approximate surface area is 111 Å². The monoisotopic (exact) mass is 259 g/mol. The van der Waals surface area contributed by atoms with E-state index < -0.39 is 5.97 Å². The summed E-state index contributed by atoms with van der Waals surface area (Å²) in [6.45, 7) is 3.44. The molecule has 0 amide bonds. The molecule has 1 unspecified atom stereocenters. The van der Waals surface area contributed by atoms with Crippen molar-refractivity contribution in [2.45, 2.75) is 32.4 Å². The molecule has 1 aliphatic rings. The van der Waals surface area contributed by atoms with Crippen molar-refractivity contribution in [3.05, 3.63) is 35.6 Å². The molecule has 19 heavy (non-hydrogen) atoms. The summed E-state index contributed by atoms with van der Waals surface area (Å²) in [6.07, 6.45) is 1.69. The van der Waals surface area contributed by atoms with Crippen molar-refractivity contribution in [1.82, 2.24) is 4.90 Å². The number of para-hydroxylation sites is 1. The number of fused-ring (bicyclic) bond motifs is 1. The lowest BCUT2D eigenvalue weighted by molar-refractivity contribution is -0.142. The van der Waals surface area contributed by atoms with Crippen LogP contribution in [0.25, 0.3) is 11.0 Å². The topological polar surface area (TPSA) is 53.7 Å². The van der Waals surface area contributed by atoms with Crippen molar-refractivity contribution in [2.75, 3.05) is 6.54 Å². The summed E-state index contributed by atoms with van der Waals surface area (Å²) in [6, 6.07) is 7.56. The van der Waals surface area contributed by atoms with Gasteiger partial charge in [-0.05, 0) is 32.4 Å². The summed E-state index contributed by atoms with van der Waals surface area (Å²) in [4.78, 5) is 13.3. The van der Waals surface area contributed by atoms with E-state index in [9.17, 15) is 9.90 Å². The number of carbonyl (C=O) groups is 1. The normalized spacial score (nSPS) is 20.2. The average molecular weight is 259 g/mol. The minimum absolute atomic E-state index is 0.354. The molecule has 4 heteroatoms. The molecular formula is C15H17NO3. The van der Waals surface area contributed by atoms with Gasteiger partial charge in [0.2, 0.25) is 0 Å². The van der Waals surface area contributed by atoms with E-state index >= 15 is 0 Å². The number of hydrogen-bond acceptors (Lipinski definition) is 3. The van der Waals surface area contributed by atoms with Gasteiger partial charge in [-0.15, -0.1) is 0 Å². The predicted molar refractivity (Wildman–Crippen MR) is 72.0 cm³/mol. The van der Waals surface area contributed by atoms with Gasteiger partial charge in [-0.3, -0.25) is 9.69 Å². The van der Waals surface area contributed by atoms with Crippen LogP contribution in [0.3, 0.4) is 0 Å². The summed E-state index contributed by atoms with van der Waals surface area (Å²) in [7, 11) is 0. The molecule has 1 aliphatic heterocycles. The zero-order chi connectivity index (χ0) is 13.4. The Bertz CT molecular complexity index is 617. The number of aryl methyl sites for hydroxylation is 1. The Morgan fingerprint density at radius 3 is 3.05 bits per heavy atom. The fourth-order valence-electron chi connectivity index (χ4n) is 2.92. The van der Waals surface area contributed by atoms with Crippen LogP contribution in [0, 0.1) is 6.92 Å². The minimum Gasteiger partial charge on any atom is -0.480 e. The molecule has 3 rings (SSSR count). The van der Waals surface area contributed by atoms with Crippen LogP contribution in [-0.4, -0.2) is 28.6 Å². The first-order valence-electron chi connectivity index (χ1n) is 6.60. The lowest BCUT2D eigenvalue weighted by atomic mass is 10.1. The first-order chi connectivity index (χ1) is 9.16. The van der Waals surface area contributed by atoms with E-state index in [0.29, 0.717) is 6.54 Å². The maximum Gasteiger partial charge on any atom is 0.320 e. The van der Waals surface area contributed by atoms with Gasteiger partial charge in [0.05, 0.1) is 0 Å². The number of hydrogen-bond donors (Lipinski definition) is 1. The highest BCUT2D eigenvalue weighted by Crippen LogP contribution is 2.29. The number of rotatable bonds is 3. The van der Waals surface area contributed by atoms with Crippen LogP contribution in [0.5, 0.6) is 0 Å². The van der Waals surface area contributed by atoms with Gasteiger partial charge in [0, 0.05) is 17.5 Å². The van der Waals surface area contributed by atoms with Crippen molar-refractivity contribution in [3.8, 4) is 0 Å². The molecule has 100 valence electrons. The molecule has 0 aliphatic carbocycles. The molecule has 1 aromatic carbocycles. The summed E-state index contributed by atoms with van der Waals surface area (Å²) in [5, 5.41) is 10.3. The van der Waals surface area contributed by atoms with Gasteiger partial charge in [0.15, 0.2) is 0 Å². The van der Waals surface area contributed by atoms with E-state index in [1.54, 1.807) is 0 Å². The molecule has 0 saturated carbocycles. The summed E-state index contributed by atoms with van der Waals surface area (Å²) in [5.74, 6) is 0.167. The number of aliphatic carboxylic acids is 1. The summed E-state index contributed by atoms with van der Waals surface area (Å²) < 4.78 is 5.73. The molecular weight excluding hydrogens is 242 g/mol. The zero-order valence-electron chi connectivity index (χ0n) is 10.9. The average Bonchev–Trinajstić information content (AvgIpc) is 2.96. The summed E-state index contributed by atoms with van der Waals surface area (Å²) in [5.41, 5.74) is 1.99. The van der Waals surface area contributed by atoms with Gasteiger partial charge in [0.1, 0.15) is 17.4 Å². The SMILES string of the molecule is Cc1oc2ccccc2c1CN1CCCC1C(=O)O. The Morgan fingerprint density at radius 2 is 2.26 bits per heavy atom. The highest BCUT2D eigenvalue weighted by atomic mass is 16.4. The number of carboxylic acids is 1. The first-order valence-corrected chi connectivity index (χ1v) is 6.60. The van der Waals surface area contributed by atoms with Gasteiger partial charge in [-0.25, -0.2) is 0 Å². The maximum atomic E-state index is 11.2. The van der Waals surface area contributed by atoms with E-state index in [2.05, 4.69) is 0 Å². The smallest absolute Gasteiger partial charge is 0.320 e. The predicted octanol–water partition coefficient (Wildman–Crippen LogP) is 2.79. The van der Waals surface area contributed by atoms with Crippen LogP contribution in [0.2, 0.25) is 0 Å². The third-order valence-corrected chi connectivity index (χ3v) is 3.91. The number of carboxylic acid groups (broad SMARTS) is 1. The van der Waals surface area contributed by atoms with Crippen molar-refractivity contribution in [2.24, 2.45) is 0 Å². The first kappa shape index (κ1) is 12.2. The van der Waals surface area contributed by atoms with Gasteiger partial charge >= 0.3 is 5.97 Å². The van der Waals surface area contributed by atoms with E-state index in [1.807, 2.05) is 36.1 Å². The van der Waals surface area contributed by atoms with Gasteiger partial charge < -0.3 is 9.52 Å². The largest absolute Gasteiger partial charge is 0.480 e. The highest BCUT2D eigenvalue weighted by Gasteiger charge is 2.31. The number of benzene rings is 1. The van der Waals surface area contributed by atoms with Crippen LogP contribution in [0.15, 0.2) is 28.7 Å². The molecule has 2 heterocycles. The summed E-state index contributed by atoms with van der Waals surface area (Å²) >= 11 is 0. The fourth-order valence-corrected chi connectivity index (χ4v) is 2.92. The standard InChI is InChI=1S/C15H17NO3/c1-10-12(11-5-2-3-7-14(11)19-10)9-16-8-4-6-13(16)15(17)18/h2-3,5,7,13H,4,6,8-9H2,1H3,(H,17,18). The highest BCUT2D eigenvalue weighted by molar-refractivity contribution is 5.82. The molecule has 1 N–H and O–H groups in total. The molecule has 4 nitrogen and oxygen atoms in total. The van der Waals surface area contributed by atoms with Gasteiger partial charge in [-0.2, -0.15) is 0 Å². The third kappa shape index (κ3) is 2.12. The molecule has 0 bridgehead atoms. The van der Waals surface area contributed by atoms with Crippen molar-refractivity contribution >= 4 is 16.9 Å². The zero-order valence-corrected chi connectivity index (χ0v) is 10.9. The van der Waals surface area contributed by atoms with Gasteiger partial charge in [0.25, 0.3) is 0 Å². The molecule has 1 saturated heterocycles. The van der Waals surface area contributed by atoms with Crippen LogP contribution in [-0.2, 0) is 11.3 Å². The third-order valence-electron chi connectivity index (χ3n) is 3.91. The number of likely N-dealkylation sites (tertiary alicyclic amines) is 1. The molecule has 2 aromatic rings. The Kier molecular flexibility index (Phi) is 3.03. The second-order valence-electron chi connectivity index (χ2n) is 5.10. The fraction of sp³-hybridized carbons (Fsp3) is 0.400. The van der Waals surface area contributed by atoms with Gasteiger partial charge in [-0.1, -0.05) is 18.2 Å². The van der Waals surface area contributed by atoms with E-state index in [0.717, 1.165) is 41.7 Å². The van der Waals surface area contributed by atoms with E-state index in [1.165, 1.54) is 0 Å². The minimum atomic E-state index is -0.719. The Balaban J connectivity index is 1.93. The quantitative estimate of drug-likeness (QED) is 0.920. The Morgan fingerprint density at radius 1 is 1.47 bits per heavy atom. The van der Waals surface area contributed by atoms with E-state index in [4.69, 9.17) is 4.42 Å². The van der Waals surface area contributed by atoms with Crippen LogP contribution in [0.1, 0.15) is 24.2 Å². The van der Waals surface area contributed by atoms with Crippen LogP contribution < -0.4 is 0 Å². The molecule has 0 radical (unpaired) electrons. The molecule has 1 fully saturated rings. The number of furan rings is 1. The van der Waals surface area contributed by atoms with Crippen LogP contribution >= 0.6 is 0 Å². The molecule has 1 aromatic heterocycles. The lowest BCUT2D eigenvalue weighted by Crippen LogP contribution is -2.35. The second kappa shape index (κ2) is 4.70. The molecule has 0 spiro atoms. The second-order valence-corrected chi connectivity index (χ2v) is 5.10. The van der Waals surface area contributed by atoms with E-state index in [-0.39, 0.29) is 6.04 Å². The Hall–Kier alpha value is -1.81.